The maximum atomic E-state index is 5.00. The molecular formula is C6H4ClO. The molecule has 0 amide bonds. The molecule has 0 saturated carbocycles. The number of rotatable bonds is 1. The van der Waals surface area contributed by atoms with Crippen LogP contribution in [0, 0.1) is 6.07 Å². The zero-order valence-electron chi connectivity index (χ0n) is 4.10. The molecule has 1 radical (unpaired) electrons. The Labute approximate surface area is 53.0 Å². The molecule has 0 bridgehead atoms. The standard InChI is InChI=1S/C6H4ClO/c7-8-6-4-2-1-3-5-6/h1-4H. The number of hydrogen-bond donors (Lipinski definition) is 0. The highest BCUT2D eigenvalue weighted by Crippen LogP contribution is 2.07. The Morgan fingerprint density at radius 2 is 2.38 bits per heavy atom. The van der Waals surface area contributed by atoms with Crippen LogP contribution >= 0.6 is 11.9 Å². The predicted molar refractivity (Wildman–Crippen MR) is 31.8 cm³/mol. The fourth-order valence-electron chi connectivity index (χ4n) is 0.425. The van der Waals surface area contributed by atoms with Gasteiger partial charge in [-0.3, -0.25) is 0 Å². The van der Waals surface area contributed by atoms with Crippen molar-refractivity contribution in [3.05, 3.63) is 30.3 Å². The van der Waals surface area contributed by atoms with E-state index in [1.807, 2.05) is 12.1 Å². The van der Waals surface area contributed by atoms with Gasteiger partial charge in [-0.15, -0.1) is 0 Å². The van der Waals surface area contributed by atoms with Gasteiger partial charge in [-0.2, -0.15) is 0 Å². The van der Waals surface area contributed by atoms with Crippen LogP contribution in [0.25, 0.3) is 0 Å². The first-order valence-electron chi connectivity index (χ1n) is 2.19. The molecule has 0 saturated heterocycles. The molecule has 2 heteroatoms. The van der Waals surface area contributed by atoms with Crippen molar-refractivity contribution in [1.29, 1.82) is 0 Å². The Morgan fingerprint density at radius 3 is 2.75 bits per heavy atom. The van der Waals surface area contributed by atoms with E-state index in [2.05, 4.69) is 10.4 Å². The second kappa shape index (κ2) is 2.58. The van der Waals surface area contributed by atoms with Crippen molar-refractivity contribution in [2.24, 2.45) is 0 Å². The van der Waals surface area contributed by atoms with Crippen LogP contribution in [0.1, 0.15) is 0 Å². The summed E-state index contributed by atoms with van der Waals surface area (Å²) in [7, 11) is 0. The van der Waals surface area contributed by atoms with Gasteiger partial charge < -0.3 is 4.29 Å². The molecule has 1 aromatic carbocycles. The maximum absolute atomic E-state index is 5.00. The summed E-state index contributed by atoms with van der Waals surface area (Å²) in [6.07, 6.45) is 0. The molecule has 1 nitrogen and oxygen atoms in total. The van der Waals surface area contributed by atoms with Crippen molar-refractivity contribution in [3.63, 3.8) is 0 Å². The highest BCUT2D eigenvalue weighted by molar-refractivity contribution is 6.09. The molecular weight excluding hydrogens is 124 g/mol. The zero-order valence-corrected chi connectivity index (χ0v) is 4.85. The van der Waals surface area contributed by atoms with Crippen molar-refractivity contribution in [2.75, 3.05) is 0 Å². The molecule has 0 spiro atoms. The summed E-state index contributed by atoms with van der Waals surface area (Å²) in [5.74, 6) is 0.550. The largest absolute Gasteiger partial charge is 0.385 e. The lowest BCUT2D eigenvalue weighted by Crippen LogP contribution is -1.70. The molecule has 0 aliphatic carbocycles. The summed E-state index contributed by atoms with van der Waals surface area (Å²) in [6.45, 7) is 0. The zero-order chi connectivity index (χ0) is 5.82. The normalized spacial score (nSPS) is 8.62. The minimum absolute atomic E-state index is 0.550. The minimum Gasteiger partial charge on any atom is -0.385 e. The predicted octanol–water partition coefficient (Wildman–Crippen LogP) is 2.02. The van der Waals surface area contributed by atoms with Gasteiger partial charge in [0.1, 0.15) is 11.9 Å². The fourth-order valence-corrected chi connectivity index (χ4v) is 0.521. The summed E-state index contributed by atoms with van der Waals surface area (Å²) < 4.78 is 4.33. The lowest BCUT2D eigenvalue weighted by Gasteiger charge is -1.88. The van der Waals surface area contributed by atoms with Crippen LogP contribution in [0.5, 0.6) is 5.75 Å². The number of halogens is 1. The van der Waals surface area contributed by atoms with Gasteiger partial charge >= 0.3 is 0 Å². The SMILES string of the molecule is ClOc1[c]cccc1. The van der Waals surface area contributed by atoms with Crippen molar-refractivity contribution in [1.82, 2.24) is 0 Å². The van der Waals surface area contributed by atoms with Gasteiger partial charge in [0, 0.05) is 6.07 Å². The lowest BCUT2D eigenvalue weighted by atomic mass is 10.3. The van der Waals surface area contributed by atoms with Gasteiger partial charge in [0.05, 0.1) is 0 Å². The summed E-state index contributed by atoms with van der Waals surface area (Å²) in [6, 6.07) is 9.90. The van der Waals surface area contributed by atoms with Gasteiger partial charge in [-0.05, 0) is 6.07 Å². The van der Waals surface area contributed by atoms with Crippen molar-refractivity contribution < 1.29 is 4.29 Å². The first-order valence-corrected chi connectivity index (χ1v) is 2.49. The molecule has 0 aliphatic heterocycles. The average molecular weight is 128 g/mol. The van der Waals surface area contributed by atoms with E-state index < -0.39 is 0 Å². The monoisotopic (exact) mass is 127 g/mol. The van der Waals surface area contributed by atoms with Crippen LogP contribution in [-0.2, 0) is 0 Å². The van der Waals surface area contributed by atoms with Gasteiger partial charge in [-0.25, -0.2) is 0 Å². The third-order valence-corrected chi connectivity index (χ3v) is 0.930. The third-order valence-electron chi connectivity index (χ3n) is 0.764. The second-order valence-corrected chi connectivity index (χ2v) is 1.46. The molecule has 0 heterocycles. The van der Waals surface area contributed by atoms with E-state index in [9.17, 15) is 0 Å². The number of benzene rings is 1. The van der Waals surface area contributed by atoms with E-state index in [1.165, 1.54) is 0 Å². The summed E-state index contributed by atoms with van der Waals surface area (Å²) >= 11 is 5.00. The Balaban J connectivity index is 2.83. The van der Waals surface area contributed by atoms with E-state index >= 15 is 0 Å². The van der Waals surface area contributed by atoms with Crippen LogP contribution in [0.15, 0.2) is 24.3 Å². The lowest BCUT2D eigenvalue weighted by molar-refractivity contribution is 0.618. The molecule has 0 atom stereocenters. The molecule has 0 fully saturated rings. The van der Waals surface area contributed by atoms with Crippen molar-refractivity contribution >= 4 is 11.9 Å². The molecule has 1 rings (SSSR count). The van der Waals surface area contributed by atoms with Gasteiger partial charge in [0.15, 0.2) is 5.75 Å². The van der Waals surface area contributed by atoms with Crippen LogP contribution in [0.2, 0.25) is 0 Å². The molecule has 41 valence electrons. The van der Waals surface area contributed by atoms with Crippen LogP contribution < -0.4 is 4.29 Å². The fraction of sp³-hybridized carbons (Fsp3) is 0. The molecule has 0 aromatic heterocycles. The van der Waals surface area contributed by atoms with Crippen LogP contribution in [0.4, 0.5) is 0 Å². The third kappa shape index (κ3) is 1.14. The Hall–Kier alpha value is -0.690. The highest BCUT2D eigenvalue weighted by atomic mass is 35.5. The smallest absolute Gasteiger partial charge is 0.154 e. The Bertz CT molecular complexity index is 150. The molecule has 8 heavy (non-hydrogen) atoms. The average Bonchev–Trinajstić information content (AvgIpc) is 1.90. The van der Waals surface area contributed by atoms with E-state index in [-0.39, 0.29) is 0 Å². The van der Waals surface area contributed by atoms with Crippen molar-refractivity contribution in [3.8, 4) is 5.75 Å². The molecule has 1 aromatic rings. The molecule has 0 aliphatic rings. The highest BCUT2D eigenvalue weighted by Gasteiger charge is 1.83. The minimum atomic E-state index is 0.550. The summed E-state index contributed by atoms with van der Waals surface area (Å²) in [5.41, 5.74) is 0. The van der Waals surface area contributed by atoms with E-state index in [4.69, 9.17) is 11.9 Å². The number of para-hydroxylation sites is 1. The van der Waals surface area contributed by atoms with Gasteiger partial charge in [0.2, 0.25) is 0 Å². The Morgan fingerprint density at radius 1 is 1.50 bits per heavy atom. The van der Waals surface area contributed by atoms with E-state index in [0.717, 1.165) is 0 Å². The quantitative estimate of drug-likeness (QED) is 0.561. The van der Waals surface area contributed by atoms with Gasteiger partial charge in [0.25, 0.3) is 0 Å². The topological polar surface area (TPSA) is 9.23 Å². The van der Waals surface area contributed by atoms with Crippen LogP contribution in [0.3, 0.4) is 0 Å². The molecule has 0 N–H and O–H groups in total. The van der Waals surface area contributed by atoms with Gasteiger partial charge in [-0.1, -0.05) is 18.2 Å². The van der Waals surface area contributed by atoms with E-state index in [1.54, 1.807) is 12.1 Å². The van der Waals surface area contributed by atoms with Crippen molar-refractivity contribution in [2.45, 2.75) is 0 Å². The molecule has 0 unspecified atom stereocenters. The first kappa shape index (κ1) is 5.45. The summed E-state index contributed by atoms with van der Waals surface area (Å²) in [4.78, 5) is 0. The van der Waals surface area contributed by atoms with E-state index in [0.29, 0.717) is 5.75 Å². The number of hydrogen-bond acceptors (Lipinski definition) is 1. The second-order valence-electron chi connectivity index (χ2n) is 1.30. The summed E-state index contributed by atoms with van der Waals surface area (Å²) in [5, 5.41) is 0. The van der Waals surface area contributed by atoms with Crippen LogP contribution in [-0.4, -0.2) is 0 Å². The Kier molecular flexibility index (Phi) is 1.75. The first-order chi connectivity index (χ1) is 3.93. The maximum Gasteiger partial charge on any atom is 0.154 e.